The van der Waals surface area contributed by atoms with Crippen molar-refractivity contribution in [2.24, 2.45) is 0 Å². The van der Waals surface area contributed by atoms with E-state index >= 15 is 0 Å². The van der Waals surface area contributed by atoms with Crippen LogP contribution < -0.4 is 0 Å². The van der Waals surface area contributed by atoms with Crippen molar-refractivity contribution in [3.8, 4) is 0 Å². The Morgan fingerprint density at radius 1 is 1.47 bits per heavy atom. The zero-order valence-corrected chi connectivity index (χ0v) is 10.5. The molecule has 1 atom stereocenters. The van der Waals surface area contributed by atoms with Crippen molar-refractivity contribution in [3.05, 3.63) is 0 Å². The maximum Gasteiger partial charge on any atom is 0.397 e. The first-order chi connectivity index (χ1) is 6.99. The molecule has 0 heterocycles. The molecular weight excluding hydrogens is 320 g/mol. The summed E-state index contributed by atoms with van der Waals surface area (Å²) in [6, 6.07) is 0. The molecule has 0 aromatic rings. The Labute approximate surface area is 99.2 Å². The molecule has 0 saturated heterocycles. The first-order valence-electron chi connectivity index (χ1n) is 3.47. The summed E-state index contributed by atoms with van der Waals surface area (Å²) >= 11 is 3.35. The maximum absolute atomic E-state index is 10.4. The van der Waals surface area contributed by atoms with Gasteiger partial charge in [0.15, 0.2) is 12.3 Å². The van der Waals surface area contributed by atoms with E-state index in [1.807, 2.05) is 0 Å². The smallest absolute Gasteiger partial charge is 0.286 e. The van der Waals surface area contributed by atoms with E-state index < -0.39 is 16.5 Å². The Kier molecular flexibility index (Phi) is 8.98. The molecule has 0 bridgehead atoms. The van der Waals surface area contributed by atoms with Crippen molar-refractivity contribution < 1.29 is 36.0 Å². The molecular formula is C4H9BrO8S2. The lowest BCUT2D eigenvalue weighted by atomic mass is 10.3. The molecule has 15 heavy (non-hydrogen) atoms. The van der Waals surface area contributed by atoms with Gasteiger partial charge in [-0.25, -0.2) is 9.44 Å². The minimum absolute atomic E-state index is 0.181. The molecule has 0 fully saturated rings. The Bertz CT molecular complexity index is 243. The van der Waals surface area contributed by atoms with E-state index in [-0.39, 0.29) is 18.9 Å². The Morgan fingerprint density at radius 2 is 2.13 bits per heavy atom. The summed E-state index contributed by atoms with van der Waals surface area (Å²) in [4.78, 5) is 0. The molecule has 0 aliphatic rings. The van der Waals surface area contributed by atoms with Crippen LogP contribution in [0.15, 0.2) is 0 Å². The van der Waals surface area contributed by atoms with Gasteiger partial charge in [-0.15, -0.1) is 4.33 Å². The quantitative estimate of drug-likeness (QED) is 0.159. The molecule has 8 nitrogen and oxygen atoms in total. The van der Waals surface area contributed by atoms with Crippen molar-refractivity contribution in [2.75, 3.05) is 11.9 Å². The topological polar surface area (TPSA) is 112 Å². The molecule has 0 aromatic carbocycles. The van der Waals surface area contributed by atoms with Gasteiger partial charge in [0.1, 0.15) is 6.10 Å². The highest BCUT2D eigenvalue weighted by atomic mass is 79.9. The molecule has 0 saturated carbocycles. The van der Waals surface area contributed by atoms with E-state index in [2.05, 4.69) is 33.7 Å². The third kappa shape index (κ3) is 10.8. The number of alkyl halides is 1. The zero-order valence-electron chi connectivity index (χ0n) is 7.24. The summed E-state index contributed by atoms with van der Waals surface area (Å²) in [6.07, 6.45) is -0.575. The van der Waals surface area contributed by atoms with E-state index in [0.29, 0.717) is 11.8 Å². The predicted molar refractivity (Wildman–Crippen MR) is 53.2 cm³/mol. The molecule has 11 heteroatoms. The van der Waals surface area contributed by atoms with Crippen molar-refractivity contribution in [2.45, 2.75) is 12.5 Å². The van der Waals surface area contributed by atoms with Crippen LogP contribution in [0.2, 0.25) is 0 Å². The molecule has 0 rings (SSSR count). The lowest BCUT2D eigenvalue weighted by Gasteiger charge is -2.12. The van der Waals surface area contributed by atoms with E-state index in [9.17, 15) is 8.42 Å². The molecule has 0 amide bonds. The highest BCUT2D eigenvalue weighted by Crippen LogP contribution is 2.11. The number of hydrogen-bond donors (Lipinski definition) is 2. The first kappa shape index (κ1) is 15.5. The van der Waals surface area contributed by atoms with Crippen molar-refractivity contribution in [1.29, 1.82) is 0 Å². The predicted octanol–water partition coefficient (Wildman–Crippen LogP) is 0.960. The van der Waals surface area contributed by atoms with Crippen LogP contribution in [0.4, 0.5) is 0 Å². The lowest BCUT2D eigenvalue weighted by molar-refractivity contribution is -0.434. The van der Waals surface area contributed by atoms with Gasteiger partial charge in [0.2, 0.25) is 0 Å². The van der Waals surface area contributed by atoms with Crippen LogP contribution in [0.3, 0.4) is 0 Å². The van der Waals surface area contributed by atoms with E-state index in [4.69, 9.17) is 9.81 Å². The van der Waals surface area contributed by atoms with E-state index in [1.54, 1.807) is 0 Å². The summed E-state index contributed by atoms with van der Waals surface area (Å²) in [7, 11) is -4.52. The molecule has 0 radical (unpaired) electrons. The largest absolute Gasteiger partial charge is 0.397 e. The first-order valence-corrected chi connectivity index (χ1v) is 6.63. The zero-order chi connectivity index (χ0) is 11.7. The monoisotopic (exact) mass is 328 g/mol. The highest BCUT2D eigenvalue weighted by Gasteiger charge is 2.17. The molecule has 2 N–H and O–H groups in total. The summed E-state index contributed by atoms with van der Waals surface area (Å²) in [5.74, 6) is 0. The fourth-order valence-corrected chi connectivity index (χ4v) is 1.87. The van der Waals surface area contributed by atoms with Gasteiger partial charge in [0, 0.05) is 5.33 Å². The standard InChI is InChI=1S/C4H9BrO8S2/c5-2-1-4(11-15(7,8)9)3-10-14-13-12-6/h4,6H,1-3H2,(H,7,8,9). The summed E-state index contributed by atoms with van der Waals surface area (Å²) in [5.41, 5.74) is 0. The molecule has 0 aliphatic carbocycles. The minimum Gasteiger partial charge on any atom is -0.286 e. The van der Waals surface area contributed by atoms with Crippen LogP contribution in [0.1, 0.15) is 6.42 Å². The molecule has 0 aliphatic heterocycles. The number of halogens is 1. The average molecular weight is 329 g/mol. The Balaban J connectivity index is 3.83. The lowest BCUT2D eigenvalue weighted by Crippen LogP contribution is -2.22. The third-order valence-corrected chi connectivity index (χ3v) is 2.37. The second-order valence-corrected chi connectivity index (χ2v) is 4.47. The van der Waals surface area contributed by atoms with Crippen LogP contribution in [0.5, 0.6) is 0 Å². The van der Waals surface area contributed by atoms with Crippen LogP contribution in [-0.4, -0.2) is 36.3 Å². The fraction of sp³-hybridized carbons (Fsp3) is 1.00. The number of rotatable bonds is 9. The Hall–Kier alpha value is 0.540. The maximum atomic E-state index is 10.4. The third-order valence-electron chi connectivity index (χ3n) is 1.05. The van der Waals surface area contributed by atoms with Gasteiger partial charge in [0.05, 0.1) is 6.61 Å². The molecule has 0 spiro atoms. The van der Waals surface area contributed by atoms with E-state index in [0.717, 1.165) is 0 Å². The van der Waals surface area contributed by atoms with Gasteiger partial charge < -0.3 is 0 Å². The summed E-state index contributed by atoms with van der Waals surface area (Å²) < 4.78 is 41.9. The van der Waals surface area contributed by atoms with Gasteiger partial charge in [-0.2, -0.15) is 8.42 Å². The Morgan fingerprint density at radius 3 is 2.60 bits per heavy atom. The second-order valence-electron chi connectivity index (χ2n) is 2.12. The van der Waals surface area contributed by atoms with Crippen molar-refractivity contribution in [1.82, 2.24) is 0 Å². The van der Waals surface area contributed by atoms with Gasteiger partial charge in [-0.1, -0.05) is 21.0 Å². The summed E-state index contributed by atoms with van der Waals surface area (Å²) in [5, 5.41) is 11.4. The summed E-state index contributed by atoms with van der Waals surface area (Å²) in [6.45, 7) is -0.181. The molecule has 92 valence electrons. The van der Waals surface area contributed by atoms with E-state index in [1.165, 1.54) is 0 Å². The SMILES string of the molecule is O=S(=O)(O)OC(CCBr)COSOOO. The van der Waals surface area contributed by atoms with Crippen molar-refractivity contribution in [3.63, 3.8) is 0 Å². The minimum atomic E-state index is -4.52. The van der Waals surface area contributed by atoms with Gasteiger partial charge in [0.25, 0.3) is 0 Å². The van der Waals surface area contributed by atoms with Crippen LogP contribution in [0.25, 0.3) is 0 Å². The average Bonchev–Trinajstić information content (AvgIpc) is 2.10. The second kappa shape index (κ2) is 8.66. The molecule has 1 unspecified atom stereocenters. The highest BCUT2D eigenvalue weighted by molar-refractivity contribution is 9.09. The number of hydrogen-bond acceptors (Lipinski definition) is 8. The molecule has 0 aromatic heterocycles. The van der Waals surface area contributed by atoms with Gasteiger partial charge in [-0.3, -0.25) is 8.74 Å². The van der Waals surface area contributed by atoms with Crippen LogP contribution in [-0.2, 0) is 28.1 Å². The normalized spacial score (nSPS) is 14.1. The van der Waals surface area contributed by atoms with Crippen molar-refractivity contribution >= 4 is 38.7 Å². The van der Waals surface area contributed by atoms with Crippen LogP contribution >= 0.6 is 28.3 Å². The van der Waals surface area contributed by atoms with Gasteiger partial charge in [-0.05, 0) is 6.42 Å². The fourth-order valence-electron chi connectivity index (χ4n) is 0.589. The van der Waals surface area contributed by atoms with Gasteiger partial charge >= 0.3 is 10.4 Å². The van der Waals surface area contributed by atoms with Crippen LogP contribution in [0, 0.1) is 0 Å².